The lowest BCUT2D eigenvalue weighted by molar-refractivity contribution is -0.385. The lowest BCUT2D eigenvalue weighted by Gasteiger charge is -2.08. The number of nitrogens with zero attached hydrogens (tertiary/aromatic N) is 3. The van der Waals surface area contributed by atoms with Gasteiger partial charge in [0.15, 0.2) is 11.5 Å². The van der Waals surface area contributed by atoms with E-state index < -0.39 is 10.8 Å². The maximum Gasteiger partial charge on any atom is 0.282 e. The fourth-order valence-electron chi connectivity index (χ4n) is 2.53. The van der Waals surface area contributed by atoms with E-state index >= 15 is 0 Å². The number of ether oxygens (including phenoxy) is 2. The third-order valence-corrected chi connectivity index (χ3v) is 4.67. The summed E-state index contributed by atoms with van der Waals surface area (Å²) in [4.78, 5) is 22.8. The highest BCUT2D eigenvalue weighted by molar-refractivity contribution is 7.15. The van der Waals surface area contributed by atoms with Gasteiger partial charge in [-0.1, -0.05) is 29.5 Å². The van der Waals surface area contributed by atoms with Crippen molar-refractivity contribution in [2.75, 3.05) is 19.5 Å². The average Bonchev–Trinajstić information content (AvgIpc) is 3.14. The molecular formula is C18H16N4O5S. The molecule has 0 spiro atoms. The molecule has 2 aromatic carbocycles. The number of amides is 1. The summed E-state index contributed by atoms with van der Waals surface area (Å²) in [6.07, 6.45) is 0.485. The molecule has 0 atom stereocenters. The van der Waals surface area contributed by atoms with Crippen molar-refractivity contribution in [3.8, 4) is 11.5 Å². The van der Waals surface area contributed by atoms with Crippen LogP contribution in [0.2, 0.25) is 0 Å². The Morgan fingerprint density at radius 2 is 1.89 bits per heavy atom. The minimum absolute atomic E-state index is 0.0378. The molecule has 3 rings (SSSR count). The second-order valence-electron chi connectivity index (χ2n) is 5.60. The molecule has 144 valence electrons. The van der Waals surface area contributed by atoms with Crippen LogP contribution in [0.15, 0.2) is 42.5 Å². The Morgan fingerprint density at radius 1 is 1.14 bits per heavy atom. The average molecular weight is 400 g/mol. The van der Waals surface area contributed by atoms with Crippen molar-refractivity contribution in [1.29, 1.82) is 0 Å². The van der Waals surface area contributed by atoms with E-state index in [1.807, 2.05) is 12.1 Å². The third kappa shape index (κ3) is 4.23. The number of benzene rings is 2. The van der Waals surface area contributed by atoms with Crippen LogP contribution < -0.4 is 14.8 Å². The largest absolute Gasteiger partial charge is 0.493 e. The fourth-order valence-corrected chi connectivity index (χ4v) is 3.30. The van der Waals surface area contributed by atoms with Crippen molar-refractivity contribution in [2.45, 2.75) is 6.42 Å². The first-order chi connectivity index (χ1) is 13.5. The smallest absolute Gasteiger partial charge is 0.282 e. The minimum atomic E-state index is -0.610. The summed E-state index contributed by atoms with van der Waals surface area (Å²) in [5.74, 6) is 0.622. The van der Waals surface area contributed by atoms with Crippen LogP contribution in [0.4, 0.5) is 10.8 Å². The van der Waals surface area contributed by atoms with Crippen LogP contribution in [0.25, 0.3) is 0 Å². The molecule has 0 unspecified atom stereocenters. The van der Waals surface area contributed by atoms with Gasteiger partial charge >= 0.3 is 0 Å². The van der Waals surface area contributed by atoms with E-state index in [1.165, 1.54) is 29.5 Å². The number of carbonyl (C=O) groups is 1. The number of aromatic nitrogens is 2. The number of nitro benzene ring substituents is 1. The molecule has 0 bridgehead atoms. The number of nitrogens with one attached hydrogen (secondary N) is 1. The molecule has 0 fully saturated rings. The second-order valence-corrected chi connectivity index (χ2v) is 6.66. The summed E-state index contributed by atoms with van der Waals surface area (Å²) in [6.45, 7) is 0. The first kappa shape index (κ1) is 19.2. The Labute approximate surface area is 164 Å². The highest BCUT2D eigenvalue weighted by Crippen LogP contribution is 2.29. The number of carbonyl (C=O) groups excluding carboxylic acids is 1. The highest BCUT2D eigenvalue weighted by atomic mass is 32.1. The Balaban J connectivity index is 1.73. The van der Waals surface area contributed by atoms with E-state index in [9.17, 15) is 14.9 Å². The molecule has 3 aromatic rings. The quantitative estimate of drug-likeness (QED) is 0.478. The number of anilines is 1. The molecule has 1 aromatic heterocycles. The van der Waals surface area contributed by atoms with E-state index in [0.29, 0.717) is 22.9 Å². The zero-order valence-electron chi connectivity index (χ0n) is 15.0. The summed E-state index contributed by atoms with van der Waals surface area (Å²) in [7, 11) is 3.12. The lowest BCUT2D eigenvalue weighted by Crippen LogP contribution is -2.13. The molecule has 1 heterocycles. The number of para-hydroxylation sites is 1. The van der Waals surface area contributed by atoms with Gasteiger partial charge in [-0.05, 0) is 23.8 Å². The lowest BCUT2D eigenvalue weighted by atomic mass is 10.1. The molecular weight excluding hydrogens is 384 g/mol. The molecule has 0 aliphatic heterocycles. The van der Waals surface area contributed by atoms with E-state index in [-0.39, 0.29) is 16.4 Å². The summed E-state index contributed by atoms with van der Waals surface area (Å²) >= 11 is 1.19. The molecule has 0 saturated carbocycles. The van der Waals surface area contributed by atoms with Crippen molar-refractivity contribution in [1.82, 2.24) is 10.2 Å². The topological polar surface area (TPSA) is 116 Å². The van der Waals surface area contributed by atoms with Crippen molar-refractivity contribution < 1.29 is 19.2 Å². The third-order valence-electron chi connectivity index (χ3n) is 3.84. The second kappa shape index (κ2) is 8.44. The standard InChI is InChI=1S/C18H16N4O5S/c1-26-14-8-7-11(9-15(14)27-2)10-16-20-21-18(28-16)19-17(23)12-5-3-4-6-13(12)22(24)25/h3-9H,10H2,1-2H3,(H,19,21,23). The predicted molar refractivity (Wildman–Crippen MR) is 103 cm³/mol. The van der Waals surface area contributed by atoms with Crippen LogP contribution >= 0.6 is 11.3 Å². The van der Waals surface area contributed by atoms with Crippen LogP contribution in [0, 0.1) is 10.1 Å². The summed E-state index contributed by atoms with van der Waals surface area (Å²) in [5.41, 5.74) is 0.629. The molecule has 1 N–H and O–H groups in total. The molecule has 1 amide bonds. The zero-order chi connectivity index (χ0) is 20.1. The minimum Gasteiger partial charge on any atom is -0.493 e. The fraction of sp³-hybridized carbons (Fsp3) is 0.167. The maximum atomic E-state index is 12.4. The maximum absolute atomic E-state index is 12.4. The van der Waals surface area contributed by atoms with Gasteiger partial charge in [0.05, 0.1) is 19.1 Å². The SMILES string of the molecule is COc1ccc(Cc2nnc(NC(=O)c3ccccc3[N+](=O)[O-])s2)cc1OC. The van der Waals surface area contributed by atoms with Gasteiger partial charge < -0.3 is 9.47 Å². The van der Waals surface area contributed by atoms with Gasteiger partial charge in [-0.25, -0.2) is 0 Å². The van der Waals surface area contributed by atoms with Crippen LogP contribution in [-0.4, -0.2) is 35.2 Å². The summed E-state index contributed by atoms with van der Waals surface area (Å²) in [5, 5.41) is 22.6. The molecule has 0 aliphatic carbocycles. The van der Waals surface area contributed by atoms with Crippen LogP contribution in [-0.2, 0) is 6.42 Å². The first-order valence-corrected chi connectivity index (χ1v) is 8.91. The molecule has 10 heteroatoms. The van der Waals surface area contributed by atoms with E-state index in [2.05, 4.69) is 15.5 Å². The molecule has 0 radical (unpaired) electrons. The van der Waals surface area contributed by atoms with Crippen LogP contribution in [0.1, 0.15) is 20.9 Å². The van der Waals surface area contributed by atoms with Gasteiger partial charge in [0, 0.05) is 12.5 Å². The van der Waals surface area contributed by atoms with Gasteiger partial charge in [-0.3, -0.25) is 20.2 Å². The van der Waals surface area contributed by atoms with Gasteiger partial charge in [-0.2, -0.15) is 0 Å². The number of methoxy groups -OCH3 is 2. The number of rotatable bonds is 7. The van der Waals surface area contributed by atoms with E-state index in [1.54, 1.807) is 26.4 Å². The molecule has 28 heavy (non-hydrogen) atoms. The Bertz CT molecular complexity index is 1020. The van der Waals surface area contributed by atoms with Crippen LogP contribution in [0.5, 0.6) is 11.5 Å². The molecule has 0 aliphatic rings. The van der Waals surface area contributed by atoms with E-state index in [0.717, 1.165) is 5.56 Å². The monoisotopic (exact) mass is 400 g/mol. The van der Waals surface area contributed by atoms with Gasteiger partial charge in [-0.15, -0.1) is 10.2 Å². The highest BCUT2D eigenvalue weighted by Gasteiger charge is 2.20. The number of hydrogen-bond acceptors (Lipinski definition) is 8. The van der Waals surface area contributed by atoms with Crippen molar-refractivity contribution >= 4 is 28.1 Å². The van der Waals surface area contributed by atoms with Crippen molar-refractivity contribution in [2.24, 2.45) is 0 Å². The number of nitro groups is 1. The zero-order valence-corrected chi connectivity index (χ0v) is 15.9. The Hall–Kier alpha value is -3.53. The van der Waals surface area contributed by atoms with Crippen molar-refractivity contribution in [3.63, 3.8) is 0 Å². The normalized spacial score (nSPS) is 10.4. The summed E-state index contributed by atoms with van der Waals surface area (Å²) in [6, 6.07) is 11.2. The summed E-state index contributed by atoms with van der Waals surface area (Å²) < 4.78 is 10.5. The van der Waals surface area contributed by atoms with Crippen LogP contribution in [0.3, 0.4) is 0 Å². The molecule has 9 nitrogen and oxygen atoms in total. The van der Waals surface area contributed by atoms with Gasteiger partial charge in [0.2, 0.25) is 5.13 Å². The Kier molecular flexibility index (Phi) is 5.80. The van der Waals surface area contributed by atoms with E-state index in [4.69, 9.17) is 9.47 Å². The number of hydrogen-bond donors (Lipinski definition) is 1. The predicted octanol–water partition coefficient (Wildman–Crippen LogP) is 3.31. The van der Waals surface area contributed by atoms with Gasteiger partial charge in [0.1, 0.15) is 10.6 Å². The first-order valence-electron chi connectivity index (χ1n) is 8.10. The van der Waals surface area contributed by atoms with Crippen molar-refractivity contribution in [3.05, 3.63) is 68.7 Å². The van der Waals surface area contributed by atoms with Gasteiger partial charge in [0.25, 0.3) is 11.6 Å². The Morgan fingerprint density at radius 3 is 2.61 bits per heavy atom. The molecule has 0 saturated heterocycles.